The summed E-state index contributed by atoms with van der Waals surface area (Å²) in [5.41, 5.74) is 7.36. The lowest BCUT2D eigenvalue weighted by Gasteiger charge is -1.96. The van der Waals surface area contributed by atoms with Crippen LogP contribution < -0.4 is 5.73 Å². The molecule has 0 saturated heterocycles. The van der Waals surface area contributed by atoms with Crippen molar-refractivity contribution in [2.24, 2.45) is 0 Å². The molecule has 0 unspecified atom stereocenters. The van der Waals surface area contributed by atoms with Gasteiger partial charge in [-0.2, -0.15) is 17.9 Å². The average Bonchev–Trinajstić information content (AvgIpc) is 2.21. The Kier molecular flexibility index (Phi) is 3.91. The summed E-state index contributed by atoms with van der Waals surface area (Å²) in [5, 5.41) is 8.72. The lowest BCUT2D eigenvalue weighted by Crippen LogP contribution is -1.90. The second-order valence-electron chi connectivity index (χ2n) is 2.69. The molecule has 0 aliphatic rings. The molecule has 2 N–H and O–H groups in total. The number of nitrogens with zero attached hydrogens (tertiary/aromatic N) is 1. The molecule has 0 amide bonds. The van der Waals surface area contributed by atoms with E-state index in [1.165, 1.54) is 0 Å². The van der Waals surface area contributed by atoms with E-state index in [0.717, 1.165) is 17.7 Å². The van der Waals surface area contributed by atoms with Crippen LogP contribution in [0.25, 0.3) is 0 Å². The van der Waals surface area contributed by atoms with Gasteiger partial charge in [0.1, 0.15) is 6.07 Å². The number of hydrogen-bond donors (Lipinski definition) is 2. The van der Waals surface area contributed by atoms with Gasteiger partial charge in [0.2, 0.25) is 0 Å². The third-order valence-electron chi connectivity index (χ3n) is 1.64. The summed E-state index contributed by atoms with van der Waals surface area (Å²) in [5.74, 6) is 6.63. The van der Waals surface area contributed by atoms with Crippen LogP contribution in [0.15, 0.2) is 18.2 Å². The highest BCUT2D eigenvalue weighted by molar-refractivity contribution is 7.80. The molecular formula is C11H10N2S. The molecule has 14 heavy (non-hydrogen) atoms. The van der Waals surface area contributed by atoms with Crippen LogP contribution in [-0.4, -0.2) is 5.75 Å². The first-order valence-corrected chi connectivity index (χ1v) is 4.80. The molecule has 0 spiro atoms. The van der Waals surface area contributed by atoms with Crippen molar-refractivity contribution in [2.45, 2.75) is 6.42 Å². The zero-order valence-electron chi connectivity index (χ0n) is 7.62. The van der Waals surface area contributed by atoms with E-state index >= 15 is 0 Å². The van der Waals surface area contributed by atoms with Gasteiger partial charge in [-0.3, -0.25) is 0 Å². The smallest absolute Gasteiger partial charge is 0.101 e. The van der Waals surface area contributed by atoms with E-state index in [4.69, 9.17) is 11.0 Å². The first-order valence-electron chi connectivity index (χ1n) is 4.17. The molecule has 0 atom stereocenters. The van der Waals surface area contributed by atoms with E-state index < -0.39 is 0 Å². The number of nitrogens with two attached hydrogens (primary N) is 1. The molecule has 0 aliphatic heterocycles. The van der Waals surface area contributed by atoms with Gasteiger partial charge in [-0.05, 0) is 18.2 Å². The summed E-state index contributed by atoms with van der Waals surface area (Å²) in [6.45, 7) is 0. The molecule has 0 aromatic heterocycles. The Bertz CT molecular complexity index is 421. The Morgan fingerprint density at radius 3 is 2.86 bits per heavy atom. The Morgan fingerprint density at radius 2 is 2.21 bits per heavy atom. The maximum absolute atomic E-state index is 8.72. The number of hydrogen-bond acceptors (Lipinski definition) is 3. The Hall–Kier alpha value is -1.58. The summed E-state index contributed by atoms with van der Waals surface area (Å²) >= 11 is 4.05. The normalized spacial score (nSPS) is 8.57. The highest BCUT2D eigenvalue weighted by atomic mass is 32.1. The van der Waals surface area contributed by atoms with Crippen LogP contribution in [0.5, 0.6) is 0 Å². The quantitative estimate of drug-likeness (QED) is 0.414. The predicted octanol–water partition coefficient (Wildman–Crippen LogP) is 1.81. The predicted molar refractivity (Wildman–Crippen MR) is 60.9 cm³/mol. The lowest BCUT2D eigenvalue weighted by molar-refractivity contribution is 1.31. The molecule has 2 nitrogen and oxygen atoms in total. The lowest BCUT2D eigenvalue weighted by atomic mass is 10.1. The fourth-order valence-corrected chi connectivity index (χ4v) is 1.06. The van der Waals surface area contributed by atoms with Crippen molar-refractivity contribution in [3.05, 3.63) is 29.3 Å². The van der Waals surface area contributed by atoms with Gasteiger partial charge >= 0.3 is 0 Å². The maximum Gasteiger partial charge on any atom is 0.101 e. The van der Waals surface area contributed by atoms with Gasteiger partial charge in [0.15, 0.2) is 0 Å². The molecule has 0 aliphatic carbocycles. The van der Waals surface area contributed by atoms with E-state index in [-0.39, 0.29) is 0 Å². The van der Waals surface area contributed by atoms with E-state index in [0.29, 0.717) is 11.3 Å². The van der Waals surface area contributed by atoms with E-state index in [1.54, 1.807) is 12.1 Å². The highest BCUT2D eigenvalue weighted by Crippen LogP contribution is 2.11. The molecular weight excluding hydrogens is 192 g/mol. The van der Waals surface area contributed by atoms with E-state index in [9.17, 15) is 0 Å². The minimum atomic E-state index is 0.475. The fraction of sp³-hybridized carbons (Fsp3) is 0.182. The van der Waals surface area contributed by atoms with Gasteiger partial charge < -0.3 is 5.73 Å². The fourth-order valence-electron chi connectivity index (χ4n) is 0.951. The maximum atomic E-state index is 8.72. The second kappa shape index (κ2) is 5.21. The van der Waals surface area contributed by atoms with Gasteiger partial charge in [-0.1, -0.05) is 11.8 Å². The molecule has 70 valence electrons. The van der Waals surface area contributed by atoms with Crippen LogP contribution in [0, 0.1) is 23.2 Å². The van der Waals surface area contributed by atoms with Crippen LogP contribution in [0.4, 0.5) is 5.69 Å². The summed E-state index contributed by atoms with van der Waals surface area (Å²) in [6, 6.07) is 7.22. The van der Waals surface area contributed by atoms with Crippen molar-refractivity contribution in [3.8, 4) is 17.9 Å². The van der Waals surface area contributed by atoms with Crippen molar-refractivity contribution in [3.63, 3.8) is 0 Å². The molecule has 0 saturated carbocycles. The van der Waals surface area contributed by atoms with Crippen LogP contribution in [0.3, 0.4) is 0 Å². The zero-order valence-corrected chi connectivity index (χ0v) is 8.51. The number of rotatable bonds is 1. The molecule has 0 fully saturated rings. The summed E-state index contributed by atoms with van der Waals surface area (Å²) in [4.78, 5) is 0. The third-order valence-corrected chi connectivity index (χ3v) is 1.87. The van der Waals surface area contributed by atoms with Gasteiger partial charge in [0, 0.05) is 23.4 Å². The van der Waals surface area contributed by atoms with Crippen molar-refractivity contribution < 1.29 is 0 Å². The Balaban J connectivity index is 2.93. The second-order valence-corrected chi connectivity index (χ2v) is 3.14. The largest absolute Gasteiger partial charge is 0.398 e. The van der Waals surface area contributed by atoms with Gasteiger partial charge in [-0.25, -0.2) is 0 Å². The topological polar surface area (TPSA) is 49.8 Å². The minimum Gasteiger partial charge on any atom is -0.398 e. The van der Waals surface area contributed by atoms with Crippen LogP contribution in [0.1, 0.15) is 17.5 Å². The molecule has 1 aromatic rings. The number of thiol groups is 1. The number of benzene rings is 1. The summed E-state index contributed by atoms with van der Waals surface area (Å²) in [7, 11) is 0. The molecule has 0 bridgehead atoms. The molecule has 3 heteroatoms. The van der Waals surface area contributed by atoms with Crippen LogP contribution >= 0.6 is 12.6 Å². The van der Waals surface area contributed by atoms with E-state index in [1.807, 2.05) is 12.1 Å². The summed E-state index contributed by atoms with van der Waals surface area (Å²) in [6.07, 6.45) is 0.745. The molecule has 0 heterocycles. The van der Waals surface area contributed by atoms with Crippen molar-refractivity contribution in [1.82, 2.24) is 0 Å². The van der Waals surface area contributed by atoms with Crippen molar-refractivity contribution in [2.75, 3.05) is 11.5 Å². The number of anilines is 1. The first kappa shape index (κ1) is 10.5. The van der Waals surface area contributed by atoms with Crippen LogP contribution in [0.2, 0.25) is 0 Å². The van der Waals surface area contributed by atoms with Gasteiger partial charge in [-0.15, -0.1) is 0 Å². The first-order chi connectivity index (χ1) is 6.77. The zero-order chi connectivity index (χ0) is 10.4. The molecule has 1 aromatic carbocycles. The molecule has 0 radical (unpaired) electrons. The van der Waals surface area contributed by atoms with E-state index in [2.05, 4.69) is 24.5 Å². The van der Waals surface area contributed by atoms with Crippen molar-refractivity contribution in [1.29, 1.82) is 5.26 Å². The standard InChI is InChI=1S/C11H10N2S/c12-8-10-7-9(3-1-2-6-14)4-5-11(10)13/h4-5,7,14H,2,6,13H2. The minimum absolute atomic E-state index is 0.475. The molecule has 1 rings (SSSR count). The average molecular weight is 202 g/mol. The van der Waals surface area contributed by atoms with Crippen LogP contribution in [-0.2, 0) is 0 Å². The van der Waals surface area contributed by atoms with Gasteiger partial charge in [0.25, 0.3) is 0 Å². The number of nitriles is 1. The number of nitrogen functional groups attached to an aromatic ring is 1. The SMILES string of the molecule is N#Cc1cc(C#CCCS)ccc1N. The third kappa shape index (κ3) is 2.73. The monoisotopic (exact) mass is 202 g/mol. The Morgan fingerprint density at radius 1 is 1.43 bits per heavy atom. The highest BCUT2D eigenvalue weighted by Gasteiger charge is 1.97. The van der Waals surface area contributed by atoms with Gasteiger partial charge in [0.05, 0.1) is 5.56 Å². The van der Waals surface area contributed by atoms with Crippen molar-refractivity contribution >= 4 is 18.3 Å². The summed E-state index contributed by atoms with van der Waals surface area (Å²) < 4.78 is 0. The Labute approximate surface area is 89.1 Å².